The van der Waals surface area contributed by atoms with Gasteiger partial charge in [-0.05, 0) is 85.4 Å². The van der Waals surface area contributed by atoms with E-state index < -0.39 is 5.91 Å². The van der Waals surface area contributed by atoms with Crippen molar-refractivity contribution in [2.75, 3.05) is 5.32 Å². The molecule has 2 aromatic heterocycles. The van der Waals surface area contributed by atoms with Gasteiger partial charge < -0.3 is 14.2 Å². The SMILES string of the molecule is Cc1ccc(-c2nc3cc(NC(=S)NC(=O)c4ccc(-c5ccc(Cl)cc5Cl)o4)ccc3o2)c(Cl)c1. The predicted octanol–water partition coefficient (Wildman–Crippen LogP) is 8.15. The van der Waals surface area contributed by atoms with Gasteiger partial charge in [0.2, 0.25) is 5.89 Å². The van der Waals surface area contributed by atoms with Gasteiger partial charge in [0.15, 0.2) is 16.5 Å². The molecule has 0 fully saturated rings. The fraction of sp³-hybridized carbons (Fsp3) is 0.0385. The first-order valence-electron chi connectivity index (χ1n) is 10.6. The van der Waals surface area contributed by atoms with Crippen LogP contribution in [0, 0.1) is 6.92 Å². The molecule has 2 N–H and O–H groups in total. The third kappa shape index (κ3) is 5.10. The fourth-order valence-corrected chi connectivity index (χ4v) is 4.56. The molecule has 6 nitrogen and oxygen atoms in total. The maximum absolute atomic E-state index is 12.6. The summed E-state index contributed by atoms with van der Waals surface area (Å²) in [7, 11) is 0. The van der Waals surface area contributed by atoms with E-state index in [1.54, 1.807) is 42.5 Å². The third-order valence-electron chi connectivity index (χ3n) is 5.25. The van der Waals surface area contributed by atoms with E-state index in [1.807, 2.05) is 25.1 Å². The maximum Gasteiger partial charge on any atom is 0.293 e. The van der Waals surface area contributed by atoms with Gasteiger partial charge in [0.05, 0.1) is 15.6 Å². The lowest BCUT2D eigenvalue weighted by Crippen LogP contribution is -2.33. The summed E-state index contributed by atoms with van der Waals surface area (Å²) in [5, 5.41) is 7.13. The summed E-state index contributed by atoms with van der Waals surface area (Å²) in [6.07, 6.45) is 0. The predicted molar refractivity (Wildman–Crippen MR) is 147 cm³/mol. The summed E-state index contributed by atoms with van der Waals surface area (Å²) in [5.41, 5.74) is 4.18. The largest absolute Gasteiger partial charge is 0.451 e. The lowest BCUT2D eigenvalue weighted by atomic mass is 10.1. The lowest BCUT2D eigenvalue weighted by molar-refractivity contribution is 0.0951. The average molecular weight is 557 g/mol. The van der Waals surface area contributed by atoms with Gasteiger partial charge in [-0.3, -0.25) is 10.1 Å². The molecular weight excluding hydrogens is 541 g/mol. The van der Waals surface area contributed by atoms with Crippen molar-refractivity contribution < 1.29 is 13.6 Å². The smallest absolute Gasteiger partial charge is 0.293 e. The Labute approximate surface area is 226 Å². The monoisotopic (exact) mass is 555 g/mol. The van der Waals surface area contributed by atoms with Crippen molar-refractivity contribution in [1.29, 1.82) is 0 Å². The Hall–Kier alpha value is -3.36. The van der Waals surface area contributed by atoms with Crippen LogP contribution in [-0.2, 0) is 0 Å². The first-order valence-corrected chi connectivity index (χ1v) is 12.2. The molecule has 180 valence electrons. The number of aryl methyl sites for hydroxylation is 1. The molecule has 0 spiro atoms. The number of nitrogens with one attached hydrogen (secondary N) is 2. The van der Waals surface area contributed by atoms with Crippen LogP contribution in [0.2, 0.25) is 15.1 Å². The second-order valence-corrected chi connectivity index (χ2v) is 9.54. The van der Waals surface area contributed by atoms with Gasteiger partial charge in [-0.15, -0.1) is 0 Å². The van der Waals surface area contributed by atoms with E-state index >= 15 is 0 Å². The van der Waals surface area contributed by atoms with Gasteiger partial charge in [0, 0.05) is 16.3 Å². The number of carbonyl (C=O) groups is 1. The number of aromatic nitrogens is 1. The van der Waals surface area contributed by atoms with E-state index in [9.17, 15) is 4.79 Å². The topological polar surface area (TPSA) is 80.3 Å². The highest BCUT2D eigenvalue weighted by Crippen LogP contribution is 2.33. The number of carbonyl (C=O) groups excluding carboxylic acids is 1. The highest BCUT2D eigenvalue weighted by atomic mass is 35.5. The average Bonchev–Trinajstić information content (AvgIpc) is 3.46. The molecule has 0 unspecified atom stereocenters. The van der Waals surface area contributed by atoms with E-state index in [1.165, 1.54) is 6.07 Å². The number of rotatable bonds is 4. The number of halogens is 3. The molecule has 3 aromatic carbocycles. The minimum absolute atomic E-state index is 0.0757. The van der Waals surface area contributed by atoms with Crippen LogP contribution in [0.5, 0.6) is 0 Å². The minimum atomic E-state index is -0.511. The van der Waals surface area contributed by atoms with Crippen LogP contribution in [0.4, 0.5) is 5.69 Å². The number of thiocarbonyl (C=S) groups is 1. The zero-order valence-corrected chi connectivity index (χ0v) is 21.6. The summed E-state index contributed by atoms with van der Waals surface area (Å²) in [5.74, 6) is 0.411. The normalized spacial score (nSPS) is 11.0. The highest BCUT2D eigenvalue weighted by molar-refractivity contribution is 7.80. The molecule has 2 heterocycles. The Balaban J connectivity index is 1.28. The van der Waals surface area contributed by atoms with Crippen LogP contribution < -0.4 is 10.6 Å². The summed E-state index contributed by atoms with van der Waals surface area (Å²) in [6.45, 7) is 1.96. The van der Waals surface area contributed by atoms with Gasteiger partial charge in [-0.25, -0.2) is 4.98 Å². The molecule has 0 aliphatic rings. The molecule has 0 aliphatic carbocycles. The third-order valence-corrected chi connectivity index (χ3v) is 6.32. The quantitative estimate of drug-likeness (QED) is 0.217. The number of hydrogen-bond acceptors (Lipinski definition) is 5. The molecule has 0 saturated heterocycles. The van der Waals surface area contributed by atoms with E-state index in [0.717, 1.165) is 5.56 Å². The Morgan fingerprint density at radius 1 is 0.889 bits per heavy atom. The fourth-order valence-electron chi connectivity index (χ4n) is 3.54. The van der Waals surface area contributed by atoms with E-state index in [4.69, 9.17) is 55.9 Å². The second kappa shape index (κ2) is 9.95. The summed E-state index contributed by atoms with van der Waals surface area (Å²) in [6, 6.07) is 19.1. The van der Waals surface area contributed by atoms with Crippen molar-refractivity contribution in [1.82, 2.24) is 10.3 Å². The Bertz CT molecular complexity index is 1640. The zero-order valence-electron chi connectivity index (χ0n) is 18.6. The van der Waals surface area contributed by atoms with E-state index in [0.29, 0.717) is 54.6 Å². The highest BCUT2D eigenvalue weighted by Gasteiger charge is 2.16. The molecular formula is C26H16Cl3N3O3S. The molecule has 0 radical (unpaired) electrons. The maximum atomic E-state index is 12.6. The number of hydrogen-bond donors (Lipinski definition) is 2. The van der Waals surface area contributed by atoms with Crippen molar-refractivity contribution in [2.45, 2.75) is 6.92 Å². The van der Waals surface area contributed by atoms with Gasteiger partial charge in [0.25, 0.3) is 5.91 Å². The Morgan fingerprint density at radius 2 is 1.67 bits per heavy atom. The summed E-state index contributed by atoms with van der Waals surface area (Å²) >= 11 is 23.8. The number of fused-ring (bicyclic) bond motifs is 1. The number of oxazole rings is 1. The second-order valence-electron chi connectivity index (χ2n) is 7.88. The van der Waals surface area contributed by atoms with Crippen molar-refractivity contribution >= 4 is 74.8 Å². The number of amides is 1. The molecule has 10 heteroatoms. The minimum Gasteiger partial charge on any atom is -0.451 e. The van der Waals surface area contributed by atoms with Crippen LogP contribution in [0.3, 0.4) is 0 Å². The Kier molecular flexibility index (Phi) is 6.73. The number of furan rings is 1. The van der Waals surface area contributed by atoms with Crippen LogP contribution in [0.15, 0.2) is 75.6 Å². The molecule has 0 saturated carbocycles. The van der Waals surface area contributed by atoms with E-state index in [2.05, 4.69) is 15.6 Å². The summed E-state index contributed by atoms with van der Waals surface area (Å²) < 4.78 is 11.5. The molecule has 1 amide bonds. The van der Waals surface area contributed by atoms with Gasteiger partial charge in [-0.1, -0.05) is 40.9 Å². The zero-order chi connectivity index (χ0) is 25.4. The van der Waals surface area contributed by atoms with Crippen molar-refractivity contribution in [3.05, 3.63) is 93.1 Å². The molecule has 36 heavy (non-hydrogen) atoms. The summed E-state index contributed by atoms with van der Waals surface area (Å²) in [4.78, 5) is 17.2. The number of anilines is 1. The van der Waals surface area contributed by atoms with Crippen molar-refractivity contribution in [3.63, 3.8) is 0 Å². The lowest BCUT2D eigenvalue weighted by Gasteiger charge is -2.08. The Morgan fingerprint density at radius 3 is 2.44 bits per heavy atom. The number of benzene rings is 3. The van der Waals surface area contributed by atoms with Gasteiger partial charge in [0.1, 0.15) is 11.3 Å². The van der Waals surface area contributed by atoms with Crippen LogP contribution in [0.25, 0.3) is 33.9 Å². The van der Waals surface area contributed by atoms with E-state index in [-0.39, 0.29) is 10.9 Å². The molecule has 0 atom stereocenters. The molecule has 5 aromatic rings. The van der Waals surface area contributed by atoms with Crippen molar-refractivity contribution in [3.8, 4) is 22.8 Å². The molecule has 5 rings (SSSR count). The first-order chi connectivity index (χ1) is 17.3. The number of nitrogens with zero attached hydrogens (tertiary/aromatic N) is 1. The molecule has 0 bridgehead atoms. The van der Waals surface area contributed by atoms with Crippen LogP contribution in [0.1, 0.15) is 16.1 Å². The first kappa shape index (κ1) is 24.3. The van der Waals surface area contributed by atoms with Crippen LogP contribution in [-0.4, -0.2) is 16.0 Å². The molecule has 0 aliphatic heterocycles. The standard InChI is InChI=1S/C26H16Cl3N3O3S/c1-13-2-5-17(18(28)10-13)25-31-20-12-15(4-7-22(20)35-25)30-26(36)32-24(33)23-9-8-21(34-23)16-6-3-14(27)11-19(16)29/h2-12H,1H3,(H2,30,32,33,36). The van der Waals surface area contributed by atoms with Crippen molar-refractivity contribution in [2.24, 2.45) is 0 Å². The van der Waals surface area contributed by atoms with Gasteiger partial charge in [-0.2, -0.15) is 0 Å². The van der Waals surface area contributed by atoms with Gasteiger partial charge >= 0.3 is 0 Å². The van der Waals surface area contributed by atoms with Crippen LogP contribution >= 0.6 is 47.0 Å².